The summed E-state index contributed by atoms with van der Waals surface area (Å²) in [5.74, 6) is -1.05. The zero-order valence-corrected chi connectivity index (χ0v) is 15.0. The number of esters is 1. The molecule has 24 heavy (non-hydrogen) atoms. The molecule has 1 rings (SSSR count). The number of allylic oxidation sites excluding steroid dienone is 2. The van der Waals surface area contributed by atoms with Gasteiger partial charge >= 0.3 is 12.1 Å². The fourth-order valence-corrected chi connectivity index (χ4v) is 2.87. The third-order valence-corrected chi connectivity index (χ3v) is 3.79. The first-order valence-electron chi connectivity index (χ1n) is 8.07. The molecule has 1 atom stereocenters. The topological polar surface area (TPSA) is 72.9 Å². The predicted octanol–water partition coefficient (Wildman–Crippen LogP) is 3.22. The standard InChI is InChI=1S/C18H27NO5/c1-7-10-18(11-8-2)12-13(14(20)23-9-3)19(15(18)21)16(22)24-17(4,5)6/h7-8,13H,1-2,9-12H2,3-6H3. The summed E-state index contributed by atoms with van der Waals surface area (Å²) in [6.45, 7) is 14.3. The van der Waals surface area contributed by atoms with E-state index in [0.717, 1.165) is 4.90 Å². The highest BCUT2D eigenvalue weighted by atomic mass is 16.6. The van der Waals surface area contributed by atoms with Gasteiger partial charge < -0.3 is 9.47 Å². The summed E-state index contributed by atoms with van der Waals surface area (Å²) in [5, 5.41) is 0. The van der Waals surface area contributed by atoms with E-state index in [1.54, 1.807) is 39.8 Å². The number of rotatable bonds is 6. The summed E-state index contributed by atoms with van der Waals surface area (Å²) in [6.07, 6.45) is 3.24. The Morgan fingerprint density at radius 1 is 1.29 bits per heavy atom. The Balaban J connectivity index is 3.25. The number of carbonyl (C=O) groups excluding carboxylic acids is 3. The number of ether oxygens (including phenoxy) is 2. The summed E-state index contributed by atoms with van der Waals surface area (Å²) in [7, 11) is 0. The van der Waals surface area contributed by atoms with Gasteiger partial charge in [0.2, 0.25) is 5.91 Å². The summed E-state index contributed by atoms with van der Waals surface area (Å²) in [5.41, 5.74) is -1.70. The first-order chi connectivity index (χ1) is 11.1. The second kappa shape index (κ2) is 7.64. The van der Waals surface area contributed by atoms with Crippen LogP contribution in [0.5, 0.6) is 0 Å². The molecule has 6 heteroatoms. The van der Waals surface area contributed by atoms with Gasteiger partial charge in [-0.2, -0.15) is 0 Å². The van der Waals surface area contributed by atoms with Gasteiger partial charge in [0.25, 0.3) is 0 Å². The van der Waals surface area contributed by atoms with Crippen molar-refractivity contribution in [1.29, 1.82) is 0 Å². The van der Waals surface area contributed by atoms with Crippen LogP contribution in [-0.2, 0) is 19.1 Å². The molecule has 0 bridgehead atoms. The first-order valence-corrected chi connectivity index (χ1v) is 8.07. The maximum absolute atomic E-state index is 13.0. The molecule has 1 fully saturated rings. The van der Waals surface area contributed by atoms with E-state index in [4.69, 9.17) is 9.47 Å². The third kappa shape index (κ3) is 4.24. The number of carbonyl (C=O) groups is 3. The van der Waals surface area contributed by atoms with Crippen LogP contribution in [0, 0.1) is 5.41 Å². The molecule has 0 aromatic heterocycles. The zero-order chi connectivity index (χ0) is 18.5. The van der Waals surface area contributed by atoms with Crippen molar-refractivity contribution in [3.8, 4) is 0 Å². The molecule has 1 saturated heterocycles. The minimum atomic E-state index is -0.993. The molecule has 1 aliphatic heterocycles. The SMILES string of the molecule is C=CCC1(CC=C)CC(C(=O)OCC)N(C(=O)OC(C)(C)C)C1=O. The number of amides is 2. The molecule has 0 saturated carbocycles. The maximum Gasteiger partial charge on any atom is 0.417 e. The molecule has 1 heterocycles. The van der Waals surface area contributed by atoms with Crippen molar-refractivity contribution in [2.24, 2.45) is 5.41 Å². The number of likely N-dealkylation sites (tertiary alicyclic amines) is 1. The molecule has 0 aliphatic carbocycles. The predicted molar refractivity (Wildman–Crippen MR) is 90.2 cm³/mol. The van der Waals surface area contributed by atoms with Crippen LogP contribution in [-0.4, -0.2) is 41.1 Å². The Kier molecular flexibility index (Phi) is 6.35. The second-order valence-electron chi connectivity index (χ2n) is 6.89. The quantitative estimate of drug-likeness (QED) is 0.549. The van der Waals surface area contributed by atoms with Crippen LogP contribution in [0.4, 0.5) is 4.79 Å². The van der Waals surface area contributed by atoms with Gasteiger partial charge in [0.1, 0.15) is 11.6 Å². The molecule has 6 nitrogen and oxygen atoms in total. The molecule has 0 aromatic carbocycles. The van der Waals surface area contributed by atoms with Crippen molar-refractivity contribution in [3.63, 3.8) is 0 Å². The van der Waals surface area contributed by atoms with Gasteiger partial charge in [-0.05, 0) is 47.0 Å². The molecule has 0 N–H and O–H groups in total. The van der Waals surface area contributed by atoms with E-state index in [0.29, 0.717) is 12.8 Å². The zero-order valence-electron chi connectivity index (χ0n) is 15.0. The van der Waals surface area contributed by atoms with E-state index in [9.17, 15) is 14.4 Å². The van der Waals surface area contributed by atoms with E-state index in [1.165, 1.54) is 0 Å². The second-order valence-corrected chi connectivity index (χ2v) is 6.89. The Labute approximate surface area is 143 Å². The van der Waals surface area contributed by atoms with Crippen LogP contribution in [0.1, 0.15) is 47.0 Å². The first kappa shape index (κ1) is 19.9. The fraction of sp³-hybridized carbons (Fsp3) is 0.611. The smallest absolute Gasteiger partial charge is 0.417 e. The lowest BCUT2D eigenvalue weighted by atomic mass is 9.78. The van der Waals surface area contributed by atoms with Crippen molar-refractivity contribution >= 4 is 18.0 Å². The fourth-order valence-electron chi connectivity index (χ4n) is 2.87. The van der Waals surface area contributed by atoms with Crippen LogP contribution in [0.3, 0.4) is 0 Å². The van der Waals surface area contributed by atoms with E-state index in [1.807, 2.05) is 0 Å². The molecule has 0 radical (unpaired) electrons. The summed E-state index contributed by atoms with van der Waals surface area (Å²) < 4.78 is 10.3. The number of hydrogen-bond acceptors (Lipinski definition) is 5. The number of imide groups is 1. The van der Waals surface area contributed by atoms with Gasteiger partial charge in [0, 0.05) is 0 Å². The Hall–Kier alpha value is -2.11. The minimum absolute atomic E-state index is 0.168. The van der Waals surface area contributed by atoms with Crippen molar-refractivity contribution < 1.29 is 23.9 Å². The van der Waals surface area contributed by atoms with Crippen LogP contribution >= 0.6 is 0 Å². The van der Waals surface area contributed by atoms with Crippen molar-refractivity contribution in [1.82, 2.24) is 4.90 Å². The highest BCUT2D eigenvalue weighted by molar-refractivity contribution is 6.02. The van der Waals surface area contributed by atoms with Crippen molar-refractivity contribution in [3.05, 3.63) is 25.3 Å². The van der Waals surface area contributed by atoms with Gasteiger partial charge in [-0.25, -0.2) is 14.5 Å². The number of hydrogen-bond donors (Lipinski definition) is 0. The summed E-state index contributed by atoms with van der Waals surface area (Å²) >= 11 is 0. The Morgan fingerprint density at radius 3 is 2.25 bits per heavy atom. The molecule has 0 spiro atoms. The van der Waals surface area contributed by atoms with Crippen molar-refractivity contribution in [2.75, 3.05) is 6.61 Å². The van der Waals surface area contributed by atoms with E-state index in [-0.39, 0.29) is 13.0 Å². The van der Waals surface area contributed by atoms with Crippen LogP contribution in [0.2, 0.25) is 0 Å². The summed E-state index contributed by atoms with van der Waals surface area (Å²) in [6, 6.07) is -0.993. The largest absolute Gasteiger partial charge is 0.464 e. The molecule has 134 valence electrons. The van der Waals surface area contributed by atoms with E-state index >= 15 is 0 Å². The monoisotopic (exact) mass is 337 g/mol. The minimum Gasteiger partial charge on any atom is -0.464 e. The lowest BCUT2D eigenvalue weighted by molar-refractivity contribution is -0.151. The molecule has 1 aliphatic rings. The molecular formula is C18H27NO5. The Bertz CT molecular complexity index is 522. The molecule has 2 amide bonds. The average molecular weight is 337 g/mol. The summed E-state index contributed by atoms with van der Waals surface area (Å²) in [4.78, 5) is 38.7. The van der Waals surface area contributed by atoms with Gasteiger partial charge in [-0.15, -0.1) is 13.2 Å². The normalized spacial score (nSPS) is 19.8. The molecule has 0 aromatic rings. The van der Waals surface area contributed by atoms with Gasteiger partial charge in [0.05, 0.1) is 12.0 Å². The number of nitrogens with zero attached hydrogens (tertiary/aromatic N) is 1. The van der Waals surface area contributed by atoms with Gasteiger partial charge in [-0.1, -0.05) is 12.2 Å². The third-order valence-electron chi connectivity index (χ3n) is 3.79. The van der Waals surface area contributed by atoms with Crippen molar-refractivity contribution in [2.45, 2.75) is 58.6 Å². The van der Waals surface area contributed by atoms with Gasteiger partial charge in [-0.3, -0.25) is 4.79 Å². The van der Waals surface area contributed by atoms with Crippen LogP contribution in [0.15, 0.2) is 25.3 Å². The lowest BCUT2D eigenvalue weighted by Gasteiger charge is -2.27. The van der Waals surface area contributed by atoms with E-state index in [2.05, 4.69) is 13.2 Å². The van der Waals surface area contributed by atoms with Crippen LogP contribution < -0.4 is 0 Å². The highest BCUT2D eigenvalue weighted by Gasteiger charge is 2.56. The highest BCUT2D eigenvalue weighted by Crippen LogP contribution is 2.43. The molecule has 1 unspecified atom stereocenters. The molecular weight excluding hydrogens is 310 g/mol. The lowest BCUT2D eigenvalue weighted by Crippen LogP contribution is -2.47. The maximum atomic E-state index is 13.0. The van der Waals surface area contributed by atoms with Gasteiger partial charge in [0.15, 0.2) is 0 Å². The Morgan fingerprint density at radius 2 is 1.83 bits per heavy atom. The average Bonchev–Trinajstić information content (AvgIpc) is 2.72. The van der Waals surface area contributed by atoms with E-state index < -0.39 is 35.0 Å². The van der Waals surface area contributed by atoms with Crippen LogP contribution in [0.25, 0.3) is 0 Å².